The molecular formula is C49H50FN3O3. The SMILES string of the molecule is CC(C)(C)c1ccc(Oc2ccccc2)cc1.CC(C)c1ccc(Oc2ccccc2)cn1.Cc1ccc(-c2cnc(Cc3ccccc3)n(C)c2=O)cc1F. The average Bonchev–Trinajstić information content (AvgIpc) is 3.20. The van der Waals surface area contributed by atoms with Crippen LogP contribution in [0.25, 0.3) is 11.1 Å². The first kappa shape index (κ1) is 40.8. The summed E-state index contributed by atoms with van der Waals surface area (Å²) in [5, 5.41) is 0. The number of rotatable bonds is 8. The Morgan fingerprint density at radius 1 is 0.661 bits per heavy atom. The van der Waals surface area contributed by atoms with Crippen molar-refractivity contribution < 1.29 is 13.9 Å². The number of pyridine rings is 1. The second kappa shape index (κ2) is 19.3. The molecule has 5 aromatic carbocycles. The Bertz CT molecular complexity index is 2320. The van der Waals surface area contributed by atoms with E-state index in [1.54, 1.807) is 32.3 Å². The molecule has 0 amide bonds. The molecule has 0 bridgehead atoms. The van der Waals surface area contributed by atoms with Gasteiger partial charge in [-0.15, -0.1) is 0 Å². The molecule has 0 unspecified atom stereocenters. The summed E-state index contributed by atoms with van der Waals surface area (Å²) < 4.78 is 26.7. The smallest absolute Gasteiger partial charge is 0.261 e. The van der Waals surface area contributed by atoms with Crippen LogP contribution in [0.15, 0.2) is 163 Å². The zero-order chi connectivity index (χ0) is 40.1. The number of nitrogens with zero attached hydrogens (tertiary/aromatic N) is 3. The van der Waals surface area contributed by atoms with Gasteiger partial charge in [-0.2, -0.15) is 0 Å². The lowest BCUT2D eigenvalue weighted by molar-refractivity contribution is 0.479. The Morgan fingerprint density at radius 2 is 1.20 bits per heavy atom. The quantitative estimate of drug-likeness (QED) is 0.155. The molecule has 7 rings (SSSR count). The van der Waals surface area contributed by atoms with Gasteiger partial charge in [-0.1, -0.05) is 126 Å². The minimum atomic E-state index is -0.321. The fraction of sp³-hybridized carbons (Fsp3) is 0.204. The van der Waals surface area contributed by atoms with E-state index in [-0.39, 0.29) is 16.8 Å². The van der Waals surface area contributed by atoms with E-state index in [0.29, 0.717) is 34.9 Å². The molecule has 0 atom stereocenters. The van der Waals surface area contributed by atoms with E-state index in [9.17, 15) is 9.18 Å². The summed E-state index contributed by atoms with van der Waals surface area (Å²) in [5.41, 5.74) is 5.01. The minimum Gasteiger partial charge on any atom is -0.457 e. The van der Waals surface area contributed by atoms with Gasteiger partial charge in [-0.05, 0) is 95.1 Å². The normalized spacial score (nSPS) is 10.8. The molecule has 0 radical (unpaired) electrons. The van der Waals surface area contributed by atoms with Gasteiger partial charge in [-0.3, -0.25) is 14.3 Å². The van der Waals surface area contributed by atoms with Crippen molar-refractivity contribution >= 4 is 0 Å². The summed E-state index contributed by atoms with van der Waals surface area (Å²) in [5.74, 6) is 4.17. The second-order valence-electron chi connectivity index (χ2n) is 14.8. The number of para-hydroxylation sites is 2. The Hall–Kier alpha value is -6.34. The van der Waals surface area contributed by atoms with Crippen molar-refractivity contribution in [3.8, 4) is 34.1 Å². The van der Waals surface area contributed by atoms with Crippen LogP contribution in [0.3, 0.4) is 0 Å². The number of aromatic nitrogens is 3. The lowest BCUT2D eigenvalue weighted by Gasteiger charge is -2.19. The second-order valence-corrected chi connectivity index (χ2v) is 14.8. The van der Waals surface area contributed by atoms with Crippen molar-refractivity contribution in [2.75, 3.05) is 0 Å². The van der Waals surface area contributed by atoms with Crippen LogP contribution in [0.2, 0.25) is 0 Å². The van der Waals surface area contributed by atoms with Gasteiger partial charge in [0.1, 0.15) is 34.6 Å². The van der Waals surface area contributed by atoms with Crippen molar-refractivity contribution in [2.24, 2.45) is 7.05 Å². The number of hydrogen-bond acceptors (Lipinski definition) is 5. The maximum absolute atomic E-state index is 13.7. The summed E-state index contributed by atoms with van der Waals surface area (Å²) in [6.45, 7) is 12.6. The first-order chi connectivity index (χ1) is 26.9. The summed E-state index contributed by atoms with van der Waals surface area (Å²) in [6.07, 6.45) is 3.88. The van der Waals surface area contributed by atoms with Crippen LogP contribution in [-0.4, -0.2) is 14.5 Å². The van der Waals surface area contributed by atoms with Gasteiger partial charge in [0.2, 0.25) is 0 Å². The molecule has 2 heterocycles. The van der Waals surface area contributed by atoms with Crippen LogP contribution in [0.4, 0.5) is 4.39 Å². The number of aryl methyl sites for hydroxylation is 1. The molecule has 56 heavy (non-hydrogen) atoms. The number of halogens is 1. The van der Waals surface area contributed by atoms with Gasteiger partial charge < -0.3 is 9.47 Å². The van der Waals surface area contributed by atoms with E-state index >= 15 is 0 Å². The van der Waals surface area contributed by atoms with Crippen LogP contribution in [0.1, 0.15) is 68.7 Å². The van der Waals surface area contributed by atoms with Crippen LogP contribution in [0, 0.1) is 12.7 Å². The molecule has 7 aromatic rings. The highest BCUT2D eigenvalue weighted by molar-refractivity contribution is 5.62. The maximum Gasteiger partial charge on any atom is 0.261 e. The van der Waals surface area contributed by atoms with E-state index in [2.05, 4.69) is 56.7 Å². The fourth-order valence-electron chi connectivity index (χ4n) is 5.55. The molecule has 0 aliphatic heterocycles. The molecule has 0 saturated carbocycles. The van der Waals surface area contributed by atoms with Crippen molar-refractivity contribution in [1.29, 1.82) is 0 Å². The summed E-state index contributed by atoms with van der Waals surface area (Å²) in [7, 11) is 1.70. The lowest BCUT2D eigenvalue weighted by Crippen LogP contribution is -2.23. The molecule has 0 saturated heterocycles. The van der Waals surface area contributed by atoms with E-state index < -0.39 is 0 Å². The first-order valence-electron chi connectivity index (χ1n) is 18.7. The number of ether oxygens (including phenoxy) is 2. The molecule has 0 N–H and O–H groups in total. The van der Waals surface area contributed by atoms with Crippen LogP contribution in [0.5, 0.6) is 23.0 Å². The molecule has 0 spiro atoms. The molecule has 6 nitrogen and oxygen atoms in total. The molecular weight excluding hydrogens is 698 g/mol. The average molecular weight is 748 g/mol. The monoisotopic (exact) mass is 747 g/mol. The van der Waals surface area contributed by atoms with Crippen molar-refractivity contribution in [3.05, 3.63) is 202 Å². The fourth-order valence-corrected chi connectivity index (χ4v) is 5.55. The van der Waals surface area contributed by atoms with Crippen molar-refractivity contribution in [3.63, 3.8) is 0 Å². The Morgan fingerprint density at radius 3 is 1.71 bits per heavy atom. The van der Waals surface area contributed by atoms with Crippen LogP contribution >= 0.6 is 0 Å². The Kier molecular flexibility index (Phi) is 14.1. The van der Waals surface area contributed by atoms with Crippen LogP contribution < -0.4 is 15.0 Å². The molecule has 0 aliphatic carbocycles. The third kappa shape index (κ3) is 11.8. The van der Waals surface area contributed by atoms with Gasteiger partial charge in [0.25, 0.3) is 5.56 Å². The topological polar surface area (TPSA) is 66.2 Å². The van der Waals surface area contributed by atoms with E-state index in [0.717, 1.165) is 34.3 Å². The third-order valence-electron chi connectivity index (χ3n) is 8.98. The number of hydrogen-bond donors (Lipinski definition) is 0. The van der Waals surface area contributed by atoms with Gasteiger partial charge in [-0.25, -0.2) is 9.37 Å². The summed E-state index contributed by atoms with van der Waals surface area (Å²) in [6, 6.07) is 46.4. The van der Waals surface area contributed by atoms with Gasteiger partial charge in [0.15, 0.2) is 0 Å². The van der Waals surface area contributed by atoms with E-state index in [4.69, 9.17) is 9.47 Å². The van der Waals surface area contributed by atoms with E-state index in [1.165, 1.54) is 22.4 Å². The Balaban J connectivity index is 0.000000164. The van der Waals surface area contributed by atoms with Gasteiger partial charge in [0, 0.05) is 25.4 Å². The zero-order valence-electron chi connectivity index (χ0n) is 33.2. The Labute approximate surface area is 330 Å². The summed E-state index contributed by atoms with van der Waals surface area (Å²) in [4.78, 5) is 21.3. The molecule has 286 valence electrons. The van der Waals surface area contributed by atoms with Gasteiger partial charge >= 0.3 is 0 Å². The highest BCUT2D eigenvalue weighted by Gasteiger charge is 2.13. The lowest BCUT2D eigenvalue weighted by atomic mass is 9.87. The molecule has 0 fully saturated rings. The third-order valence-corrected chi connectivity index (χ3v) is 8.98. The number of benzene rings is 5. The highest BCUT2D eigenvalue weighted by Crippen LogP contribution is 2.27. The van der Waals surface area contributed by atoms with Crippen molar-refractivity contribution in [1.82, 2.24) is 14.5 Å². The van der Waals surface area contributed by atoms with Crippen molar-refractivity contribution in [2.45, 2.75) is 59.3 Å². The summed E-state index contributed by atoms with van der Waals surface area (Å²) >= 11 is 0. The minimum absolute atomic E-state index is 0.172. The highest BCUT2D eigenvalue weighted by atomic mass is 19.1. The maximum atomic E-state index is 13.7. The standard InChI is InChI=1S/C19H17FN2O.C16H18O.C14H15NO/c1-13-8-9-15(11-17(13)20)16-12-21-18(22(2)19(16)23)10-14-6-4-3-5-7-14;1-16(2,3)13-9-11-15(12-10-13)17-14-7-5-4-6-8-14;1-11(2)14-9-8-13(10-15-14)16-12-6-4-3-5-7-12/h3-9,11-12H,10H2,1-2H3;4-12H,1-3H3;3-11H,1-2H3. The van der Waals surface area contributed by atoms with Gasteiger partial charge in [0.05, 0.1) is 11.8 Å². The zero-order valence-corrected chi connectivity index (χ0v) is 33.2. The predicted octanol–water partition coefficient (Wildman–Crippen LogP) is 12.3. The molecule has 7 heteroatoms. The largest absolute Gasteiger partial charge is 0.457 e. The van der Waals surface area contributed by atoms with E-state index in [1.807, 2.05) is 115 Å². The molecule has 0 aliphatic rings. The van der Waals surface area contributed by atoms with Crippen LogP contribution in [-0.2, 0) is 18.9 Å². The predicted molar refractivity (Wildman–Crippen MR) is 225 cm³/mol. The first-order valence-corrected chi connectivity index (χ1v) is 18.7. The molecule has 2 aromatic heterocycles.